The lowest BCUT2D eigenvalue weighted by Crippen LogP contribution is -2.29. The Bertz CT molecular complexity index is 642. The summed E-state index contributed by atoms with van der Waals surface area (Å²) >= 11 is 0. The number of likely N-dealkylation sites (tertiary alicyclic amines) is 1. The van der Waals surface area contributed by atoms with Gasteiger partial charge in [-0.15, -0.1) is 0 Å². The molecule has 0 unspecified atom stereocenters. The smallest absolute Gasteiger partial charge is 0.222 e. The number of hydrogen-bond donors (Lipinski definition) is 0. The molecule has 0 N–H and O–H groups in total. The minimum absolute atomic E-state index is 0.186. The van der Waals surface area contributed by atoms with Gasteiger partial charge in [0, 0.05) is 19.5 Å². The van der Waals surface area contributed by atoms with Gasteiger partial charge in [-0.25, -0.2) is 0 Å². The molecule has 1 saturated heterocycles. The summed E-state index contributed by atoms with van der Waals surface area (Å²) in [6.45, 7) is 4.07. The SMILES string of the molecule is CCOc1ccccc1CCC(=O)N1CC[C@H](n2nccn2)C1. The van der Waals surface area contributed by atoms with E-state index in [4.69, 9.17) is 4.74 Å². The van der Waals surface area contributed by atoms with Crippen LogP contribution >= 0.6 is 0 Å². The fourth-order valence-electron chi connectivity index (χ4n) is 2.98. The van der Waals surface area contributed by atoms with Crippen molar-refractivity contribution >= 4 is 5.91 Å². The van der Waals surface area contributed by atoms with Gasteiger partial charge in [0.25, 0.3) is 0 Å². The van der Waals surface area contributed by atoms with Gasteiger partial charge < -0.3 is 9.64 Å². The molecular formula is C17H22N4O2. The molecule has 1 aliphatic heterocycles. The van der Waals surface area contributed by atoms with Gasteiger partial charge >= 0.3 is 0 Å². The Kier molecular flexibility index (Phi) is 4.90. The van der Waals surface area contributed by atoms with Crippen molar-refractivity contribution in [2.24, 2.45) is 0 Å². The summed E-state index contributed by atoms with van der Waals surface area (Å²) in [5, 5.41) is 8.34. The number of hydrogen-bond acceptors (Lipinski definition) is 4. The first-order valence-corrected chi connectivity index (χ1v) is 8.12. The van der Waals surface area contributed by atoms with Gasteiger partial charge in [-0.2, -0.15) is 15.0 Å². The lowest BCUT2D eigenvalue weighted by atomic mass is 10.1. The quantitative estimate of drug-likeness (QED) is 0.819. The number of ether oxygens (including phenoxy) is 1. The zero-order valence-electron chi connectivity index (χ0n) is 13.4. The third kappa shape index (κ3) is 3.70. The van der Waals surface area contributed by atoms with Gasteiger partial charge in [0.1, 0.15) is 5.75 Å². The minimum Gasteiger partial charge on any atom is -0.494 e. The van der Waals surface area contributed by atoms with Crippen LogP contribution in [-0.4, -0.2) is 45.5 Å². The summed E-state index contributed by atoms with van der Waals surface area (Å²) < 4.78 is 5.62. The maximum Gasteiger partial charge on any atom is 0.222 e. The van der Waals surface area contributed by atoms with Gasteiger partial charge in [-0.3, -0.25) is 4.79 Å². The van der Waals surface area contributed by atoms with Crippen LogP contribution in [-0.2, 0) is 11.2 Å². The van der Waals surface area contributed by atoms with Crippen LogP contribution in [0.4, 0.5) is 0 Å². The predicted octanol–water partition coefficient (Wildman–Crippen LogP) is 2.08. The van der Waals surface area contributed by atoms with E-state index in [1.165, 1.54) is 0 Å². The molecule has 0 aliphatic carbocycles. The van der Waals surface area contributed by atoms with Crippen molar-refractivity contribution in [1.29, 1.82) is 0 Å². The van der Waals surface area contributed by atoms with E-state index in [1.54, 1.807) is 17.2 Å². The molecule has 1 fully saturated rings. The summed E-state index contributed by atoms with van der Waals surface area (Å²) in [6.07, 6.45) is 5.47. The largest absolute Gasteiger partial charge is 0.494 e. The number of para-hydroxylation sites is 1. The van der Waals surface area contributed by atoms with Crippen molar-refractivity contribution < 1.29 is 9.53 Å². The second kappa shape index (κ2) is 7.26. The Hall–Kier alpha value is -2.37. The van der Waals surface area contributed by atoms with Crippen LogP contribution in [0.5, 0.6) is 5.75 Å². The first-order valence-electron chi connectivity index (χ1n) is 8.12. The summed E-state index contributed by atoms with van der Waals surface area (Å²) in [5.74, 6) is 1.06. The summed E-state index contributed by atoms with van der Waals surface area (Å²) in [7, 11) is 0. The zero-order chi connectivity index (χ0) is 16.1. The maximum atomic E-state index is 12.4. The molecule has 1 aliphatic rings. The van der Waals surface area contributed by atoms with Gasteiger partial charge in [-0.1, -0.05) is 18.2 Å². The number of amides is 1. The molecule has 2 aromatic rings. The van der Waals surface area contributed by atoms with Crippen LogP contribution < -0.4 is 4.74 Å². The van der Waals surface area contributed by atoms with Crippen LogP contribution in [0.15, 0.2) is 36.7 Å². The van der Waals surface area contributed by atoms with Crippen LogP contribution in [0.25, 0.3) is 0 Å². The Morgan fingerprint density at radius 1 is 1.30 bits per heavy atom. The van der Waals surface area contributed by atoms with Gasteiger partial charge in [0.05, 0.1) is 25.0 Å². The molecule has 0 radical (unpaired) electrons. The molecular weight excluding hydrogens is 292 g/mol. The van der Waals surface area contributed by atoms with Crippen LogP contribution in [0.1, 0.15) is 31.4 Å². The van der Waals surface area contributed by atoms with E-state index in [2.05, 4.69) is 10.2 Å². The lowest BCUT2D eigenvalue weighted by molar-refractivity contribution is -0.130. The van der Waals surface area contributed by atoms with Crippen LogP contribution in [0.2, 0.25) is 0 Å². The summed E-state index contributed by atoms with van der Waals surface area (Å²) in [6, 6.07) is 8.12. The number of benzene rings is 1. The van der Waals surface area contributed by atoms with Crippen molar-refractivity contribution in [2.75, 3.05) is 19.7 Å². The standard InChI is InChI=1S/C17H22N4O2/c1-2-23-16-6-4-3-5-14(16)7-8-17(22)20-12-9-15(13-20)21-18-10-11-19-21/h3-6,10-11,15H,2,7-9,12-13H2,1H3/t15-/m0/s1. The van der Waals surface area contributed by atoms with Crippen molar-refractivity contribution in [1.82, 2.24) is 19.9 Å². The minimum atomic E-state index is 0.186. The highest BCUT2D eigenvalue weighted by molar-refractivity contribution is 5.76. The zero-order valence-corrected chi connectivity index (χ0v) is 13.4. The molecule has 122 valence electrons. The highest BCUT2D eigenvalue weighted by Crippen LogP contribution is 2.23. The van der Waals surface area contributed by atoms with E-state index in [1.807, 2.05) is 36.1 Å². The third-order valence-corrected chi connectivity index (χ3v) is 4.16. The Morgan fingerprint density at radius 2 is 2.09 bits per heavy atom. The molecule has 6 heteroatoms. The lowest BCUT2D eigenvalue weighted by Gasteiger charge is -2.17. The van der Waals surface area contributed by atoms with E-state index in [-0.39, 0.29) is 11.9 Å². The fraction of sp³-hybridized carbons (Fsp3) is 0.471. The van der Waals surface area contributed by atoms with E-state index < -0.39 is 0 Å². The van der Waals surface area contributed by atoms with Crippen molar-refractivity contribution in [2.45, 2.75) is 32.2 Å². The fourth-order valence-corrected chi connectivity index (χ4v) is 2.98. The number of nitrogens with zero attached hydrogens (tertiary/aromatic N) is 4. The summed E-state index contributed by atoms with van der Waals surface area (Å²) in [4.78, 5) is 16.1. The van der Waals surface area contributed by atoms with E-state index in [0.717, 1.165) is 24.3 Å². The summed E-state index contributed by atoms with van der Waals surface area (Å²) in [5.41, 5.74) is 1.09. The molecule has 0 spiro atoms. The number of rotatable bonds is 6. The molecule has 0 bridgehead atoms. The number of carbonyl (C=O) groups is 1. The normalized spacial score (nSPS) is 17.4. The van der Waals surface area contributed by atoms with Gasteiger partial charge in [0.15, 0.2) is 0 Å². The molecule has 23 heavy (non-hydrogen) atoms. The predicted molar refractivity (Wildman–Crippen MR) is 86.2 cm³/mol. The highest BCUT2D eigenvalue weighted by atomic mass is 16.5. The molecule has 3 rings (SSSR count). The number of aryl methyl sites for hydroxylation is 1. The monoisotopic (exact) mass is 314 g/mol. The van der Waals surface area contributed by atoms with E-state index in [9.17, 15) is 4.79 Å². The van der Waals surface area contributed by atoms with Crippen LogP contribution in [0.3, 0.4) is 0 Å². The molecule has 1 amide bonds. The van der Waals surface area contributed by atoms with Crippen molar-refractivity contribution in [3.05, 3.63) is 42.2 Å². The van der Waals surface area contributed by atoms with Gasteiger partial charge in [0.2, 0.25) is 5.91 Å². The second-order valence-corrected chi connectivity index (χ2v) is 5.67. The molecule has 6 nitrogen and oxygen atoms in total. The Balaban J connectivity index is 1.54. The van der Waals surface area contributed by atoms with Crippen molar-refractivity contribution in [3.63, 3.8) is 0 Å². The average Bonchev–Trinajstić information content (AvgIpc) is 3.25. The van der Waals surface area contributed by atoms with E-state index in [0.29, 0.717) is 26.0 Å². The first-order chi connectivity index (χ1) is 11.3. The topological polar surface area (TPSA) is 60.2 Å². The van der Waals surface area contributed by atoms with Gasteiger partial charge in [-0.05, 0) is 31.4 Å². The molecule has 1 aromatic heterocycles. The average molecular weight is 314 g/mol. The highest BCUT2D eigenvalue weighted by Gasteiger charge is 2.28. The molecule has 2 heterocycles. The van der Waals surface area contributed by atoms with Crippen molar-refractivity contribution in [3.8, 4) is 5.75 Å². The third-order valence-electron chi connectivity index (χ3n) is 4.16. The van der Waals surface area contributed by atoms with E-state index >= 15 is 0 Å². The molecule has 1 atom stereocenters. The Morgan fingerprint density at radius 3 is 2.87 bits per heavy atom. The number of carbonyl (C=O) groups excluding carboxylic acids is 1. The first kappa shape index (κ1) is 15.5. The Labute approximate surface area is 136 Å². The maximum absolute atomic E-state index is 12.4. The molecule has 0 saturated carbocycles. The molecule has 1 aromatic carbocycles. The second-order valence-electron chi connectivity index (χ2n) is 5.67. The number of aromatic nitrogens is 3. The van der Waals surface area contributed by atoms with Crippen LogP contribution in [0, 0.1) is 0 Å².